The van der Waals surface area contributed by atoms with Gasteiger partial charge in [0.25, 0.3) is 0 Å². The van der Waals surface area contributed by atoms with E-state index in [9.17, 15) is 0 Å². The Morgan fingerprint density at radius 2 is 2.10 bits per heavy atom. The van der Waals surface area contributed by atoms with E-state index < -0.39 is 0 Å². The maximum Gasteiger partial charge on any atom is 0.154 e. The summed E-state index contributed by atoms with van der Waals surface area (Å²) in [7, 11) is 0. The van der Waals surface area contributed by atoms with Crippen LogP contribution in [0.2, 0.25) is 0 Å². The van der Waals surface area contributed by atoms with Crippen LogP contribution in [0.1, 0.15) is 24.5 Å². The summed E-state index contributed by atoms with van der Waals surface area (Å²) in [5.41, 5.74) is 3.78. The molecular formula is C14H13N5S. The molecule has 3 aromatic heterocycles. The molecule has 0 amide bonds. The molecule has 0 saturated heterocycles. The van der Waals surface area contributed by atoms with Gasteiger partial charge in [0.2, 0.25) is 0 Å². The standard InChI is InChI=1S/C14H13N5S/c1-20-14-6-11(16-8-17-14)12-7-15-13-5-4-10(9-2-3-9)18-19(12)13/h4-9H,2-3H2,1H3. The molecule has 0 atom stereocenters. The van der Waals surface area contributed by atoms with Crippen molar-refractivity contribution in [1.82, 2.24) is 24.6 Å². The third kappa shape index (κ3) is 1.96. The Bertz CT molecular complexity index is 778. The zero-order valence-electron chi connectivity index (χ0n) is 11.0. The molecule has 0 N–H and O–H groups in total. The fraction of sp³-hybridized carbons (Fsp3) is 0.286. The zero-order valence-corrected chi connectivity index (χ0v) is 11.8. The Morgan fingerprint density at radius 3 is 2.90 bits per heavy atom. The molecule has 1 aliphatic carbocycles. The highest BCUT2D eigenvalue weighted by Gasteiger charge is 2.25. The molecule has 0 aliphatic heterocycles. The van der Waals surface area contributed by atoms with Crippen LogP contribution >= 0.6 is 11.8 Å². The highest BCUT2D eigenvalue weighted by atomic mass is 32.2. The van der Waals surface area contributed by atoms with Crippen LogP contribution in [-0.2, 0) is 0 Å². The lowest BCUT2D eigenvalue weighted by molar-refractivity contribution is 0.856. The third-order valence-corrected chi connectivity index (χ3v) is 4.13. The minimum Gasteiger partial charge on any atom is -0.235 e. The fourth-order valence-corrected chi connectivity index (χ4v) is 2.63. The lowest BCUT2D eigenvalue weighted by Gasteiger charge is -2.03. The van der Waals surface area contributed by atoms with Gasteiger partial charge in [-0.15, -0.1) is 11.8 Å². The van der Waals surface area contributed by atoms with Gasteiger partial charge in [-0.3, -0.25) is 0 Å². The summed E-state index contributed by atoms with van der Waals surface area (Å²) in [6.45, 7) is 0. The van der Waals surface area contributed by atoms with Gasteiger partial charge in [-0.2, -0.15) is 5.10 Å². The maximum absolute atomic E-state index is 4.72. The normalized spacial score (nSPS) is 14.8. The molecule has 3 heterocycles. The molecule has 0 aromatic carbocycles. The number of thioether (sulfide) groups is 1. The quantitative estimate of drug-likeness (QED) is 0.546. The second kappa shape index (κ2) is 4.56. The molecule has 4 rings (SSSR count). The average Bonchev–Trinajstić information content (AvgIpc) is 3.26. The monoisotopic (exact) mass is 283 g/mol. The number of hydrogen-bond acceptors (Lipinski definition) is 5. The van der Waals surface area contributed by atoms with Gasteiger partial charge in [0.05, 0.1) is 22.6 Å². The number of aromatic nitrogens is 5. The first-order chi connectivity index (χ1) is 9.85. The molecule has 5 nitrogen and oxygen atoms in total. The summed E-state index contributed by atoms with van der Waals surface area (Å²) >= 11 is 1.60. The predicted octanol–water partition coefficient (Wildman–Crippen LogP) is 2.79. The summed E-state index contributed by atoms with van der Waals surface area (Å²) in [5.74, 6) is 0.627. The molecule has 0 unspecified atom stereocenters. The minimum absolute atomic E-state index is 0.627. The molecule has 0 bridgehead atoms. The molecule has 0 spiro atoms. The summed E-state index contributed by atoms with van der Waals surface area (Å²) < 4.78 is 1.89. The van der Waals surface area contributed by atoms with Crippen molar-refractivity contribution in [3.63, 3.8) is 0 Å². The summed E-state index contributed by atoms with van der Waals surface area (Å²) in [6, 6.07) is 6.08. The van der Waals surface area contributed by atoms with Crippen molar-refractivity contribution in [2.24, 2.45) is 0 Å². The first-order valence-corrected chi connectivity index (χ1v) is 7.79. The van der Waals surface area contributed by atoms with Crippen LogP contribution in [0.5, 0.6) is 0 Å². The van der Waals surface area contributed by atoms with E-state index in [0.29, 0.717) is 5.92 Å². The largest absolute Gasteiger partial charge is 0.235 e. The van der Waals surface area contributed by atoms with Gasteiger partial charge in [0, 0.05) is 5.92 Å². The molecule has 1 saturated carbocycles. The molecule has 100 valence electrons. The van der Waals surface area contributed by atoms with Gasteiger partial charge in [0.1, 0.15) is 12.0 Å². The van der Waals surface area contributed by atoms with Crippen LogP contribution < -0.4 is 0 Å². The van der Waals surface area contributed by atoms with Crippen molar-refractivity contribution < 1.29 is 0 Å². The number of nitrogens with zero attached hydrogens (tertiary/aromatic N) is 5. The maximum atomic E-state index is 4.72. The number of fused-ring (bicyclic) bond motifs is 1. The third-order valence-electron chi connectivity index (χ3n) is 3.49. The fourth-order valence-electron chi connectivity index (χ4n) is 2.25. The topological polar surface area (TPSA) is 56.0 Å². The van der Waals surface area contributed by atoms with Gasteiger partial charge in [-0.05, 0) is 37.3 Å². The van der Waals surface area contributed by atoms with Crippen molar-refractivity contribution >= 4 is 17.4 Å². The van der Waals surface area contributed by atoms with Gasteiger partial charge in [-0.1, -0.05) is 0 Å². The van der Waals surface area contributed by atoms with Gasteiger partial charge >= 0.3 is 0 Å². The average molecular weight is 283 g/mol. The molecule has 1 fully saturated rings. The molecule has 3 aromatic rings. The molecule has 20 heavy (non-hydrogen) atoms. The Hall–Kier alpha value is -1.95. The second-order valence-corrected chi connectivity index (χ2v) is 5.72. The van der Waals surface area contributed by atoms with E-state index in [1.165, 1.54) is 12.8 Å². The van der Waals surface area contributed by atoms with E-state index in [-0.39, 0.29) is 0 Å². The smallest absolute Gasteiger partial charge is 0.154 e. The molecule has 6 heteroatoms. The Labute approximate surface area is 120 Å². The van der Waals surface area contributed by atoms with Crippen LogP contribution in [0.4, 0.5) is 0 Å². The zero-order chi connectivity index (χ0) is 13.5. The SMILES string of the molecule is CSc1cc(-c2cnc3ccc(C4CC4)nn23)ncn1. The van der Waals surface area contributed by atoms with E-state index in [0.717, 1.165) is 27.8 Å². The highest BCUT2D eigenvalue weighted by molar-refractivity contribution is 7.98. The highest BCUT2D eigenvalue weighted by Crippen LogP contribution is 2.39. The number of imidazole rings is 1. The van der Waals surface area contributed by atoms with Gasteiger partial charge in [0.15, 0.2) is 5.65 Å². The Kier molecular flexibility index (Phi) is 2.70. The van der Waals surface area contributed by atoms with E-state index >= 15 is 0 Å². The van der Waals surface area contributed by atoms with E-state index in [1.807, 2.05) is 29.1 Å². The minimum atomic E-state index is 0.627. The molecule has 0 radical (unpaired) electrons. The second-order valence-electron chi connectivity index (χ2n) is 4.89. The molecular weight excluding hydrogens is 270 g/mol. The van der Waals surface area contributed by atoms with Crippen LogP contribution in [0, 0.1) is 0 Å². The van der Waals surface area contributed by atoms with Crippen LogP contribution in [0.25, 0.3) is 17.0 Å². The van der Waals surface area contributed by atoms with E-state index in [2.05, 4.69) is 21.0 Å². The lowest BCUT2D eigenvalue weighted by Crippen LogP contribution is -1.99. The van der Waals surface area contributed by atoms with Crippen molar-refractivity contribution in [3.05, 3.63) is 36.4 Å². The van der Waals surface area contributed by atoms with Gasteiger partial charge in [-0.25, -0.2) is 19.5 Å². The Balaban J connectivity index is 1.87. The van der Waals surface area contributed by atoms with Crippen molar-refractivity contribution in [1.29, 1.82) is 0 Å². The van der Waals surface area contributed by atoms with Crippen molar-refractivity contribution in [2.75, 3.05) is 6.26 Å². The lowest BCUT2D eigenvalue weighted by atomic mass is 10.3. The number of hydrogen-bond donors (Lipinski definition) is 0. The van der Waals surface area contributed by atoms with Crippen molar-refractivity contribution in [2.45, 2.75) is 23.8 Å². The molecule has 1 aliphatic rings. The van der Waals surface area contributed by atoms with Crippen LogP contribution in [0.3, 0.4) is 0 Å². The van der Waals surface area contributed by atoms with Crippen molar-refractivity contribution in [3.8, 4) is 11.4 Å². The predicted molar refractivity (Wildman–Crippen MR) is 77.8 cm³/mol. The van der Waals surface area contributed by atoms with Crippen LogP contribution in [0.15, 0.2) is 35.7 Å². The summed E-state index contributed by atoms with van der Waals surface area (Å²) in [6.07, 6.45) is 7.90. The van der Waals surface area contributed by atoms with E-state index in [4.69, 9.17) is 5.10 Å². The first kappa shape index (κ1) is 11.8. The Morgan fingerprint density at radius 1 is 1.20 bits per heavy atom. The first-order valence-electron chi connectivity index (χ1n) is 6.56. The van der Waals surface area contributed by atoms with Crippen LogP contribution in [-0.4, -0.2) is 30.8 Å². The van der Waals surface area contributed by atoms with Gasteiger partial charge < -0.3 is 0 Å². The van der Waals surface area contributed by atoms with E-state index in [1.54, 1.807) is 18.1 Å². The summed E-state index contributed by atoms with van der Waals surface area (Å²) in [5, 5.41) is 5.66. The summed E-state index contributed by atoms with van der Waals surface area (Å²) in [4.78, 5) is 13.0. The number of rotatable bonds is 3.